The third kappa shape index (κ3) is 4.50. The third-order valence-corrected chi connectivity index (χ3v) is 12.0. The lowest BCUT2D eigenvalue weighted by molar-refractivity contribution is 0.173. The summed E-state index contributed by atoms with van der Waals surface area (Å²) in [6.07, 6.45) is 0. The van der Waals surface area contributed by atoms with Gasteiger partial charge in [0.05, 0.1) is 10.7 Å². The number of hydrogen-bond acceptors (Lipinski definition) is 5. The van der Waals surface area contributed by atoms with Gasteiger partial charge in [-0.1, -0.05) is 84.0 Å². The lowest BCUT2D eigenvalue weighted by atomic mass is 9.33. The molecule has 6 aromatic rings. The fourth-order valence-electron chi connectivity index (χ4n) is 8.39. The molecule has 50 heavy (non-hydrogen) atoms. The average molecular weight is 675 g/mol. The van der Waals surface area contributed by atoms with E-state index in [-0.39, 0.29) is 24.3 Å². The van der Waals surface area contributed by atoms with Crippen LogP contribution in [-0.2, 0) is 10.8 Å². The topological polar surface area (TPSA) is 24.9 Å². The number of fused-ring (bicyclic) bond motifs is 7. The van der Waals surface area contributed by atoms with E-state index in [0.717, 1.165) is 17.1 Å². The first-order chi connectivity index (χ1) is 23.8. The van der Waals surface area contributed by atoms with Crippen LogP contribution in [0.25, 0.3) is 10.1 Å². The molecule has 4 nitrogen and oxygen atoms in total. The molecule has 0 aliphatic carbocycles. The molecule has 0 N–H and O–H groups in total. The van der Waals surface area contributed by atoms with Gasteiger partial charge in [0.25, 0.3) is 6.71 Å². The Balaban J connectivity index is 1.40. The van der Waals surface area contributed by atoms with E-state index in [1.807, 2.05) is 11.3 Å². The summed E-state index contributed by atoms with van der Waals surface area (Å²) in [7, 11) is 0. The SMILES string of the molecule is Cc1cc2c3c(c1)N(c1c(C)cc4c(c1C)OCO4)c1sc4ccccc4c1B3c1cc(C(C)(C)C)ccc1N2c1ccc(C(C)(C)C)cc1. The summed E-state index contributed by atoms with van der Waals surface area (Å²) in [5, 5.41) is 2.60. The number of rotatable bonds is 2. The molecule has 4 heterocycles. The maximum absolute atomic E-state index is 6.10. The number of hydrogen-bond donors (Lipinski definition) is 0. The number of nitrogens with zero attached hydrogens (tertiary/aromatic N) is 2. The summed E-state index contributed by atoms with van der Waals surface area (Å²) < 4.78 is 13.3. The summed E-state index contributed by atoms with van der Waals surface area (Å²) in [5.41, 5.74) is 16.4. The highest BCUT2D eigenvalue weighted by atomic mass is 32.1. The van der Waals surface area contributed by atoms with Gasteiger partial charge in [-0.25, -0.2) is 0 Å². The lowest BCUT2D eigenvalue weighted by Gasteiger charge is -2.44. The molecule has 0 saturated carbocycles. The van der Waals surface area contributed by atoms with Crippen LogP contribution < -0.4 is 35.7 Å². The molecule has 3 aliphatic rings. The molecule has 5 aromatic carbocycles. The van der Waals surface area contributed by atoms with Crippen LogP contribution in [0.1, 0.15) is 69.4 Å². The highest BCUT2D eigenvalue weighted by Crippen LogP contribution is 2.52. The first-order valence-corrected chi connectivity index (χ1v) is 18.5. The minimum Gasteiger partial charge on any atom is -0.454 e. The smallest absolute Gasteiger partial charge is 0.254 e. The number of anilines is 6. The number of ether oxygens (including phenoxy) is 2. The second-order valence-corrected chi connectivity index (χ2v) is 17.4. The minimum absolute atomic E-state index is 0.00551. The fourth-order valence-corrected chi connectivity index (χ4v) is 9.65. The van der Waals surface area contributed by atoms with Crippen LogP contribution in [0.4, 0.5) is 33.4 Å². The van der Waals surface area contributed by atoms with E-state index >= 15 is 0 Å². The Morgan fingerprint density at radius 1 is 0.680 bits per heavy atom. The predicted molar refractivity (Wildman–Crippen MR) is 214 cm³/mol. The Labute approximate surface area is 300 Å². The van der Waals surface area contributed by atoms with E-state index in [2.05, 4.69) is 157 Å². The fraction of sp³-hybridized carbons (Fsp3) is 0.273. The van der Waals surface area contributed by atoms with Crippen LogP contribution in [0, 0.1) is 20.8 Å². The maximum Gasteiger partial charge on any atom is 0.254 e. The Morgan fingerprint density at radius 3 is 2.08 bits per heavy atom. The zero-order chi connectivity index (χ0) is 34.9. The van der Waals surface area contributed by atoms with Crippen LogP contribution in [-0.4, -0.2) is 13.5 Å². The molecule has 0 saturated heterocycles. The molecule has 0 unspecified atom stereocenters. The second-order valence-electron chi connectivity index (χ2n) is 16.4. The molecule has 1 aromatic heterocycles. The van der Waals surface area contributed by atoms with Crippen LogP contribution in [0.15, 0.2) is 84.9 Å². The van der Waals surface area contributed by atoms with Crippen molar-refractivity contribution in [1.82, 2.24) is 0 Å². The molecule has 0 bridgehead atoms. The van der Waals surface area contributed by atoms with Crippen molar-refractivity contribution in [3.05, 3.63) is 113 Å². The third-order valence-electron chi connectivity index (χ3n) is 10.9. The van der Waals surface area contributed by atoms with Crippen LogP contribution in [0.3, 0.4) is 0 Å². The van der Waals surface area contributed by atoms with Gasteiger partial charge in [0.1, 0.15) is 0 Å². The largest absolute Gasteiger partial charge is 0.454 e. The Morgan fingerprint density at radius 2 is 1.36 bits per heavy atom. The molecule has 0 spiro atoms. The highest BCUT2D eigenvalue weighted by molar-refractivity contribution is 7.26. The molecular formula is C44H43BN2O2S. The predicted octanol–water partition coefficient (Wildman–Crippen LogP) is 10.2. The molecule has 9 rings (SSSR count). The first-order valence-electron chi connectivity index (χ1n) is 17.7. The molecule has 0 amide bonds. The maximum atomic E-state index is 6.10. The molecule has 250 valence electrons. The van der Waals surface area contributed by atoms with Crippen molar-refractivity contribution >= 4 is 78.0 Å². The zero-order valence-corrected chi connectivity index (χ0v) is 31.3. The van der Waals surface area contributed by atoms with E-state index in [9.17, 15) is 0 Å². The van der Waals surface area contributed by atoms with E-state index in [1.165, 1.54) is 82.2 Å². The van der Waals surface area contributed by atoms with Gasteiger partial charge in [0.15, 0.2) is 11.5 Å². The molecular weight excluding hydrogens is 631 g/mol. The van der Waals surface area contributed by atoms with Crippen molar-refractivity contribution in [2.45, 2.75) is 73.1 Å². The van der Waals surface area contributed by atoms with E-state index in [1.54, 1.807) is 0 Å². The standard InChI is InChI=1S/C44H43BN2O2S/c1-25-20-34-39-35(21-25)47(40-26(2)22-36-41(27(40)3)49-24-48-36)42-38(31-12-10-11-13-37(31)50-42)45(39)32-23-29(44(7,8)9)16-19-33(32)46(34)30-17-14-28(15-18-30)43(4,5)6/h10-23H,24H2,1-9H3. The van der Waals surface area contributed by atoms with Gasteiger partial charge in [-0.05, 0) is 118 Å². The van der Waals surface area contributed by atoms with Gasteiger partial charge in [0.2, 0.25) is 6.79 Å². The van der Waals surface area contributed by atoms with Gasteiger partial charge < -0.3 is 19.3 Å². The van der Waals surface area contributed by atoms with E-state index < -0.39 is 0 Å². The number of aryl methyl sites for hydroxylation is 2. The molecule has 3 aliphatic heterocycles. The molecule has 0 fully saturated rings. The lowest BCUT2D eigenvalue weighted by Crippen LogP contribution is -2.61. The summed E-state index contributed by atoms with van der Waals surface area (Å²) in [6.45, 7) is 20.8. The number of benzene rings is 5. The Hall–Kier alpha value is -4.68. The van der Waals surface area contributed by atoms with Gasteiger partial charge in [-0.15, -0.1) is 11.3 Å². The van der Waals surface area contributed by atoms with Gasteiger partial charge in [-0.2, -0.15) is 0 Å². The summed E-state index contributed by atoms with van der Waals surface area (Å²) in [5.74, 6) is 1.67. The Bertz CT molecular complexity index is 2380. The second kappa shape index (κ2) is 10.7. The average Bonchev–Trinajstić information content (AvgIpc) is 3.69. The normalized spacial score (nSPS) is 14.6. The number of thiophene rings is 1. The van der Waals surface area contributed by atoms with Crippen LogP contribution in [0.2, 0.25) is 0 Å². The van der Waals surface area contributed by atoms with Crippen molar-refractivity contribution in [1.29, 1.82) is 0 Å². The highest BCUT2D eigenvalue weighted by Gasteiger charge is 2.46. The summed E-state index contributed by atoms with van der Waals surface area (Å²) in [6, 6.07) is 32.4. The van der Waals surface area contributed by atoms with Crippen molar-refractivity contribution in [2.24, 2.45) is 0 Å². The van der Waals surface area contributed by atoms with Crippen molar-refractivity contribution in [2.75, 3.05) is 16.6 Å². The van der Waals surface area contributed by atoms with Crippen LogP contribution in [0.5, 0.6) is 11.5 Å². The molecule has 0 atom stereocenters. The van der Waals surface area contributed by atoms with Gasteiger partial charge in [-0.3, -0.25) is 0 Å². The quantitative estimate of drug-likeness (QED) is 0.171. The van der Waals surface area contributed by atoms with Crippen molar-refractivity contribution in [3.63, 3.8) is 0 Å². The summed E-state index contributed by atoms with van der Waals surface area (Å²) in [4.78, 5) is 5.07. The first kappa shape index (κ1) is 31.3. The van der Waals surface area contributed by atoms with Gasteiger partial charge >= 0.3 is 0 Å². The van der Waals surface area contributed by atoms with Gasteiger partial charge in [0, 0.05) is 33.0 Å². The van der Waals surface area contributed by atoms with Crippen molar-refractivity contribution in [3.8, 4) is 11.5 Å². The van der Waals surface area contributed by atoms with E-state index in [4.69, 9.17) is 9.47 Å². The zero-order valence-electron chi connectivity index (χ0n) is 30.5. The van der Waals surface area contributed by atoms with Crippen molar-refractivity contribution < 1.29 is 9.47 Å². The minimum atomic E-state index is 0.00551. The van der Waals surface area contributed by atoms with E-state index in [0.29, 0.717) is 0 Å². The van der Waals surface area contributed by atoms with Crippen LogP contribution >= 0.6 is 11.3 Å². The molecule has 6 heteroatoms. The summed E-state index contributed by atoms with van der Waals surface area (Å²) >= 11 is 1.90. The molecule has 0 radical (unpaired) electrons. The Kier molecular flexibility index (Phi) is 6.68. The monoisotopic (exact) mass is 674 g/mol.